The number of nitrogens with zero attached hydrogens (tertiary/aromatic N) is 2. The fraction of sp³-hybridized carbons (Fsp3) is 0.333. The van der Waals surface area contributed by atoms with Crippen LogP contribution >= 0.6 is 70.5 Å². The minimum absolute atomic E-state index is 0.305. The van der Waals surface area contributed by atoms with Crippen LogP contribution in [0.5, 0.6) is 0 Å². The third-order valence-electron chi connectivity index (χ3n) is 1.95. The van der Waals surface area contributed by atoms with Crippen LogP contribution in [0.2, 0.25) is 0 Å². The number of rotatable bonds is 3. The molecule has 1 atom stereocenters. The zero-order chi connectivity index (χ0) is 11.7. The van der Waals surface area contributed by atoms with Gasteiger partial charge in [-0.15, -0.1) is 21.5 Å². The summed E-state index contributed by atoms with van der Waals surface area (Å²) in [5.41, 5.74) is 1.11. The highest BCUT2D eigenvalue weighted by molar-refractivity contribution is 9.12. The highest BCUT2D eigenvalue weighted by atomic mass is 79.9. The van der Waals surface area contributed by atoms with E-state index < -0.39 is 0 Å². The van der Waals surface area contributed by atoms with Crippen molar-refractivity contribution in [3.63, 3.8) is 0 Å². The summed E-state index contributed by atoms with van der Waals surface area (Å²) >= 11 is 13.9. The van der Waals surface area contributed by atoms with Crippen molar-refractivity contribution in [2.24, 2.45) is 0 Å². The van der Waals surface area contributed by atoms with Gasteiger partial charge in [0.05, 0.1) is 12.4 Å². The molecule has 0 saturated heterocycles. The lowest BCUT2D eigenvalue weighted by atomic mass is 10.4. The maximum atomic E-state index is 4.22. The number of halogens is 3. The second-order valence-corrected chi connectivity index (χ2v) is 8.92. The Morgan fingerprint density at radius 1 is 1.31 bits per heavy atom. The van der Waals surface area contributed by atoms with Gasteiger partial charge in [-0.3, -0.25) is 0 Å². The number of aromatic nitrogens is 2. The van der Waals surface area contributed by atoms with E-state index in [1.54, 1.807) is 22.7 Å². The Morgan fingerprint density at radius 3 is 2.62 bits per heavy atom. The van der Waals surface area contributed by atoms with E-state index in [0.29, 0.717) is 4.83 Å². The van der Waals surface area contributed by atoms with Crippen LogP contribution < -0.4 is 0 Å². The van der Waals surface area contributed by atoms with Crippen molar-refractivity contribution in [2.75, 3.05) is 0 Å². The van der Waals surface area contributed by atoms with Crippen molar-refractivity contribution >= 4 is 70.5 Å². The fourth-order valence-electron chi connectivity index (χ4n) is 1.13. The Morgan fingerprint density at radius 2 is 2.06 bits per heavy atom. The minimum Gasteiger partial charge on any atom is -0.142 e. The first-order valence-electron chi connectivity index (χ1n) is 4.54. The average molecular weight is 447 g/mol. The minimum atomic E-state index is 0.305. The standard InChI is InChI=1S/C9H7Br3N2S2/c1-2-5(10)9-14-13-8(16-9)4-3-6(11)15-7(4)12/h3,5H,2H2,1H3. The number of hydrogen-bond donors (Lipinski definition) is 0. The summed E-state index contributed by atoms with van der Waals surface area (Å²) in [7, 11) is 0. The van der Waals surface area contributed by atoms with Crippen molar-refractivity contribution < 1.29 is 0 Å². The molecule has 0 aliphatic heterocycles. The molecule has 0 bridgehead atoms. The summed E-state index contributed by atoms with van der Waals surface area (Å²) < 4.78 is 2.18. The lowest BCUT2D eigenvalue weighted by Crippen LogP contribution is -1.84. The van der Waals surface area contributed by atoms with Crippen molar-refractivity contribution in [3.05, 3.63) is 18.6 Å². The molecule has 0 aromatic carbocycles. The summed E-state index contributed by atoms with van der Waals surface area (Å²) in [6, 6.07) is 2.06. The van der Waals surface area contributed by atoms with E-state index in [9.17, 15) is 0 Å². The van der Waals surface area contributed by atoms with Crippen molar-refractivity contribution in [2.45, 2.75) is 18.2 Å². The van der Waals surface area contributed by atoms with Gasteiger partial charge in [0, 0.05) is 5.56 Å². The van der Waals surface area contributed by atoms with Crippen LogP contribution in [0.4, 0.5) is 0 Å². The highest BCUT2D eigenvalue weighted by Gasteiger charge is 2.16. The monoisotopic (exact) mass is 444 g/mol. The van der Waals surface area contributed by atoms with Crippen molar-refractivity contribution in [1.82, 2.24) is 10.2 Å². The SMILES string of the molecule is CCC(Br)c1nnc(-c2cc(Br)sc2Br)s1. The topological polar surface area (TPSA) is 25.8 Å². The molecule has 2 heterocycles. The lowest BCUT2D eigenvalue weighted by Gasteiger charge is -1.97. The lowest BCUT2D eigenvalue weighted by molar-refractivity contribution is 0.870. The zero-order valence-electron chi connectivity index (χ0n) is 8.21. The van der Waals surface area contributed by atoms with Crippen LogP contribution in [0.15, 0.2) is 13.6 Å². The molecule has 2 nitrogen and oxygen atoms in total. The smallest absolute Gasteiger partial charge is 0.142 e. The van der Waals surface area contributed by atoms with E-state index in [1.807, 2.05) is 0 Å². The van der Waals surface area contributed by atoms with Crippen LogP contribution in [0.1, 0.15) is 23.2 Å². The van der Waals surface area contributed by atoms with Crippen molar-refractivity contribution in [3.8, 4) is 10.6 Å². The molecule has 0 aliphatic rings. The quantitative estimate of drug-likeness (QED) is 0.570. The van der Waals surface area contributed by atoms with Gasteiger partial charge >= 0.3 is 0 Å². The van der Waals surface area contributed by atoms with Crippen molar-refractivity contribution in [1.29, 1.82) is 0 Å². The Bertz CT molecular complexity index is 495. The number of hydrogen-bond acceptors (Lipinski definition) is 4. The van der Waals surface area contributed by atoms with Gasteiger partial charge in [0.25, 0.3) is 0 Å². The zero-order valence-corrected chi connectivity index (χ0v) is 14.6. The summed E-state index contributed by atoms with van der Waals surface area (Å²) in [5.74, 6) is 0. The molecular formula is C9H7Br3N2S2. The van der Waals surface area contributed by atoms with Crippen LogP contribution in [0, 0.1) is 0 Å². The average Bonchev–Trinajstić information content (AvgIpc) is 2.83. The Kier molecular flexibility index (Phi) is 4.57. The van der Waals surface area contributed by atoms with Crippen LogP contribution in [-0.4, -0.2) is 10.2 Å². The van der Waals surface area contributed by atoms with Gasteiger partial charge in [-0.05, 0) is 44.3 Å². The van der Waals surface area contributed by atoms with E-state index >= 15 is 0 Å². The Labute approximate surface area is 127 Å². The predicted octanol–water partition coefficient (Wildman–Crippen LogP) is 5.64. The molecule has 0 spiro atoms. The first-order valence-corrected chi connectivity index (χ1v) is 8.68. The number of alkyl halides is 1. The van der Waals surface area contributed by atoms with E-state index in [0.717, 1.165) is 29.6 Å². The fourth-order valence-corrected chi connectivity index (χ4v) is 5.43. The maximum absolute atomic E-state index is 4.22. The highest BCUT2D eigenvalue weighted by Crippen LogP contribution is 2.41. The second kappa shape index (κ2) is 5.56. The molecule has 0 saturated carbocycles. The van der Waals surface area contributed by atoms with E-state index in [1.165, 1.54) is 0 Å². The molecule has 86 valence electrons. The normalized spacial score (nSPS) is 13.0. The van der Waals surface area contributed by atoms with Gasteiger partial charge in [-0.2, -0.15) is 0 Å². The molecule has 2 rings (SSSR count). The van der Waals surface area contributed by atoms with Crippen LogP contribution in [-0.2, 0) is 0 Å². The van der Waals surface area contributed by atoms with Crippen LogP contribution in [0.25, 0.3) is 10.6 Å². The maximum Gasteiger partial charge on any atom is 0.149 e. The number of thiophene rings is 1. The second-order valence-electron chi connectivity index (χ2n) is 3.06. The van der Waals surface area contributed by atoms with Gasteiger partial charge in [0.15, 0.2) is 0 Å². The molecule has 0 amide bonds. The molecule has 2 aromatic heterocycles. The van der Waals surface area contributed by atoms with Gasteiger partial charge in [0.2, 0.25) is 0 Å². The molecule has 0 aliphatic carbocycles. The summed E-state index contributed by atoms with van der Waals surface area (Å²) in [5, 5.41) is 10.4. The van der Waals surface area contributed by atoms with Crippen LogP contribution in [0.3, 0.4) is 0 Å². The molecule has 1 unspecified atom stereocenters. The van der Waals surface area contributed by atoms with E-state index in [-0.39, 0.29) is 0 Å². The van der Waals surface area contributed by atoms with E-state index in [2.05, 4.69) is 71.0 Å². The Balaban J connectivity index is 2.35. The molecule has 2 aromatic rings. The summed E-state index contributed by atoms with van der Waals surface area (Å²) in [6.07, 6.45) is 1.02. The van der Waals surface area contributed by atoms with Gasteiger partial charge in [-0.25, -0.2) is 0 Å². The third-order valence-corrected chi connectivity index (χ3v) is 6.75. The largest absolute Gasteiger partial charge is 0.149 e. The molecule has 0 radical (unpaired) electrons. The predicted molar refractivity (Wildman–Crippen MR) is 80.6 cm³/mol. The molecule has 0 fully saturated rings. The third kappa shape index (κ3) is 2.75. The summed E-state index contributed by atoms with van der Waals surface area (Å²) in [6.45, 7) is 2.12. The molecule has 7 heteroatoms. The molecule has 0 N–H and O–H groups in total. The van der Waals surface area contributed by atoms with Gasteiger partial charge in [0.1, 0.15) is 10.0 Å². The summed E-state index contributed by atoms with van der Waals surface area (Å²) in [4.78, 5) is 0.305. The molecule has 16 heavy (non-hydrogen) atoms. The first kappa shape index (κ1) is 13.1. The van der Waals surface area contributed by atoms with Gasteiger partial charge in [-0.1, -0.05) is 34.2 Å². The molecular weight excluding hydrogens is 440 g/mol. The van der Waals surface area contributed by atoms with Gasteiger partial charge < -0.3 is 0 Å². The van der Waals surface area contributed by atoms with E-state index in [4.69, 9.17) is 0 Å². The Hall–Kier alpha value is 0.700. The first-order chi connectivity index (χ1) is 7.61.